The Kier molecular flexibility index (Phi) is 8.29. The molecule has 0 saturated heterocycles. The zero-order valence-corrected chi connectivity index (χ0v) is 17.1. The second-order valence-electron chi connectivity index (χ2n) is 7.86. The van der Waals surface area contributed by atoms with Crippen LogP contribution in [0.1, 0.15) is 67.2 Å². The van der Waals surface area contributed by atoms with Crippen LogP contribution in [-0.2, 0) is 4.79 Å². The third-order valence-corrected chi connectivity index (χ3v) is 5.14. The van der Waals surface area contributed by atoms with Crippen LogP contribution in [0, 0.1) is 5.41 Å². The van der Waals surface area contributed by atoms with Crippen LogP contribution in [0.4, 0.5) is 0 Å². The predicted molar refractivity (Wildman–Crippen MR) is 109 cm³/mol. The van der Waals surface area contributed by atoms with E-state index >= 15 is 0 Å². The summed E-state index contributed by atoms with van der Waals surface area (Å²) in [6.07, 6.45) is 13.0. The Balaban J connectivity index is 2.94. The summed E-state index contributed by atoms with van der Waals surface area (Å²) >= 11 is 0. The zero-order valence-electron chi connectivity index (χ0n) is 17.1. The highest BCUT2D eigenvalue weighted by Crippen LogP contribution is 2.40. The van der Waals surface area contributed by atoms with Gasteiger partial charge < -0.3 is 10.2 Å². The molecule has 1 unspecified atom stereocenters. The first-order valence-electron chi connectivity index (χ1n) is 9.45. The van der Waals surface area contributed by atoms with Gasteiger partial charge in [0, 0.05) is 0 Å². The van der Waals surface area contributed by atoms with E-state index in [-0.39, 0.29) is 11.0 Å². The van der Waals surface area contributed by atoms with Crippen LogP contribution in [0.3, 0.4) is 0 Å². The quantitative estimate of drug-likeness (QED) is 0.450. The van der Waals surface area contributed by atoms with Gasteiger partial charge >= 0.3 is 5.97 Å². The van der Waals surface area contributed by atoms with Gasteiger partial charge in [0.15, 0.2) is 0 Å². The van der Waals surface area contributed by atoms with Crippen LogP contribution in [-0.4, -0.2) is 22.3 Å². The number of hydrogen-bond donors (Lipinski definition) is 2. The zero-order chi connectivity index (χ0) is 19.9. The first-order valence-corrected chi connectivity index (χ1v) is 9.45. The molecule has 0 radical (unpaired) electrons. The first kappa shape index (κ1) is 22.2. The average molecular weight is 359 g/mol. The van der Waals surface area contributed by atoms with Crippen molar-refractivity contribution in [3.63, 3.8) is 0 Å². The van der Waals surface area contributed by atoms with Crippen molar-refractivity contribution in [2.24, 2.45) is 5.41 Å². The van der Waals surface area contributed by atoms with Crippen molar-refractivity contribution < 1.29 is 15.0 Å². The van der Waals surface area contributed by atoms with Gasteiger partial charge in [0.25, 0.3) is 0 Å². The molecule has 0 aromatic heterocycles. The summed E-state index contributed by atoms with van der Waals surface area (Å²) in [4.78, 5) is 11.3. The molecule has 0 saturated carbocycles. The lowest BCUT2D eigenvalue weighted by Crippen LogP contribution is -2.19. The number of carbonyl (C=O) groups is 1. The molecule has 1 atom stereocenters. The number of aliphatic carboxylic acids is 1. The lowest BCUT2D eigenvalue weighted by molar-refractivity contribution is -0.133. The molecule has 0 amide bonds. The number of hydrogen-bond acceptors (Lipinski definition) is 2. The standard InChI is InChI=1S/C23H34O3/c1-7-20(24)21(22(25)26)18(4)11-8-10-16(2)13-14-19-17(3)12-9-15-23(19,5)6/h8,10-11,13-14,20,24H,7,9,12,15H2,1-6H3,(H,25,26). The average Bonchev–Trinajstić information content (AvgIpc) is 2.53. The molecule has 1 aliphatic carbocycles. The number of allylic oxidation sites excluding steroid dienone is 9. The Bertz CT molecular complexity index is 670. The Morgan fingerprint density at radius 2 is 1.92 bits per heavy atom. The van der Waals surface area contributed by atoms with Crippen molar-refractivity contribution in [2.45, 2.75) is 73.3 Å². The molecule has 26 heavy (non-hydrogen) atoms. The van der Waals surface area contributed by atoms with Gasteiger partial charge in [0.1, 0.15) is 0 Å². The fourth-order valence-corrected chi connectivity index (χ4v) is 3.49. The van der Waals surface area contributed by atoms with Crippen LogP contribution >= 0.6 is 0 Å². The summed E-state index contributed by atoms with van der Waals surface area (Å²) in [7, 11) is 0. The normalized spacial score (nSPS) is 20.7. The molecule has 3 heteroatoms. The molecule has 2 N–H and O–H groups in total. The Hall–Kier alpha value is -1.87. The summed E-state index contributed by atoms with van der Waals surface area (Å²) in [6.45, 7) is 12.3. The van der Waals surface area contributed by atoms with Crippen LogP contribution in [0.5, 0.6) is 0 Å². The van der Waals surface area contributed by atoms with E-state index in [2.05, 4.69) is 32.9 Å². The van der Waals surface area contributed by atoms with Gasteiger partial charge in [0.05, 0.1) is 11.7 Å². The van der Waals surface area contributed by atoms with E-state index in [9.17, 15) is 15.0 Å². The van der Waals surface area contributed by atoms with E-state index in [4.69, 9.17) is 0 Å². The Morgan fingerprint density at radius 1 is 1.27 bits per heavy atom. The predicted octanol–water partition coefficient (Wildman–Crippen LogP) is 5.74. The maximum Gasteiger partial charge on any atom is 0.334 e. The van der Waals surface area contributed by atoms with Crippen LogP contribution in [0.25, 0.3) is 0 Å². The molecule has 0 aromatic carbocycles. The minimum absolute atomic E-state index is 0.0649. The van der Waals surface area contributed by atoms with Crippen molar-refractivity contribution in [1.82, 2.24) is 0 Å². The maximum atomic E-state index is 11.3. The molecular formula is C23H34O3. The lowest BCUT2D eigenvalue weighted by Gasteiger charge is -2.32. The molecule has 1 aliphatic rings. The molecule has 0 aliphatic heterocycles. The summed E-state index contributed by atoms with van der Waals surface area (Å²) in [6, 6.07) is 0. The fourth-order valence-electron chi connectivity index (χ4n) is 3.49. The molecule has 0 fully saturated rings. The SMILES string of the molecule is CCC(O)C(C(=O)O)=C(C)C=CC=C(C)C=CC1=C(C)CCCC1(C)C. The summed E-state index contributed by atoms with van der Waals surface area (Å²) in [5.74, 6) is -1.07. The van der Waals surface area contributed by atoms with E-state index in [0.717, 1.165) is 5.57 Å². The maximum absolute atomic E-state index is 11.3. The van der Waals surface area contributed by atoms with Gasteiger partial charge in [-0.15, -0.1) is 0 Å². The fraction of sp³-hybridized carbons (Fsp3) is 0.522. The molecule has 1 rings (SSSR count). The van der Waals surface area contributed by atoms with E-state index < -0.39 is 12.1 Å². The first-order chi connectivity index (χ1) is 12.1. The van der Waals surface area contributed by atoms with E-state index in [1.807, 2.05) is 19.1 Å². The van der Waals surface area contributed by atoms with Crippen LogP contribution in [0.15, 0.2) is 58.2 Å². The second kappa shape index (κ2) is 9.72. The third-order valence-electron chi connectivity index (χ3n) is 5.14. The van der Waals surface area contributed by atoms with Gasteiger partial charge in [-0.05, 0) is 63.0 Å². The molecular weight excluding hydrogens is 324 g/mol. The second-order valence-corrected chi connectivity index (χ2v) is 7.86. The highest BCUT2D eigenvalue weighted by molar-refractivity contribution is 5.89. The number of aliphatic hydroxyl groups is 1. The third kappa shape index (κ3) is 6.14. The summed E-state index contributed by atoms with van der Waals surface area (Å²) in [5.41, 5.74) is 4.86. The molecule has 144 valence electrons. The molecule has 0 aromatic rings. The van der Waals surface area contributed by atoms with E-state index in [0.29, 0.717) is 12.0 Å². The van der Waals surface area contributed by atoms with Crippen LogP contribution < -0.4 is 0 Å². The molecule has 0 heterocycles. The number of carboxylic acid groups (broad SMARTS) is 1. The molecule has 0 spiro atoms. The summed E-state index contributed by atoms with van der Waals surface area (Å²) < 4.78 is 0. The van der Waals surface area contributed by atoms with Crippen molar-refractivity contribution in [3.05, 3.63) is 58.2 Å². The largest absolute Gasteiger partial charge is 0.478 e. The Labute approximate surface area is 158 Å². The van der Waals surface area contributed by atoms with Crippen molar-refractivity contribution in [2.75, 3.05) is 0 Å². The van der Waals surface area contributed by atoms with Gasteiger partial charge in [-0.1, -0.05) is 62.3 Å². The highest BCUT2D eigenvalue weighted by Gasteiger charge is 2.26. The smallest absolute Gasteiger partial charge is 0.334 e. The van der Waals surface area contributed by atoms with E-state index in [1.54, 1.807) is 19.9 Å². The van der Waals surface area contributed by atoms with Crippen LogP contribution in [0.2, 0.25) is 0 Å². The number of rotatable bonds is 7. The minimum atomic E-state index is -1.07. The van der Waals surface area contributed by atoms with Crippen molar-refractivity contribution >= 4 is 5.97 Å². The van der Waals surface area contributed by atoms with Gasteiger partial charge in [-0.2, -0.15) is 0 Å². The highest BCUT2D eigenvalue weighted by atomic mass is 16.4. The van der Waals surface area contributed by atoms with Crippen molar-refractivity contribution in [1.29, 1.82) is 0 Å². The van der Waals surface area contributed by atoms with Gasteiger partial charge in [-0.25, -0.2) is 4.79 Å². The monoisotopic (exact) mass is 358 g/mol. The van der Waals surface area contributed by atoms with Crippen molar-refractivity contribution in [3.8, 4) is 0 Å². The topological polar surface area (TPSA) is 57.5 Å². The number of aliphatic hydroxyl groups excluding tert-OH is 1. The minimum Gasteiger partial charge on any atom is -0.478 e. The number of carboxylic acids is 1. The van der Waals surface area contributed by atoms with E-state index in [1.165, 1.54) is 30.4 Å². The van der Waals surface area contributed by atoms with Gasteiger partial charge in [0.2, 0.25) is 0 Å². The molecule has 3 nitrogen and oxygen atoms in total. The van der Waals surface area contributed by atoms with Gasteiger partial charge in [-0.3, -0.25) is 0 Å². The Morgan fingerprint density at radius 3 is 2.46 bits per heavy atom. The molecule has 0 bridgehead atoms. The lowest BCUT2D eigenvalue weighted by atomic mass is 9.72. The summed E-state index contributed by atoms with van der Waals surface area (Å²) in [5, 5.41) is 19.1.